The molecule has 1 heterocycles. The number of carbonyl (C=O) groups excluding carboxylic acids is 1. The molecular formula is C23H30N4O. The van der Waals surface area contributed by atoms with Gasteiger partial charge in [0.15, 0.2) is 0 Å². The molecular weight excluding hydrogens is 348 g/mol. The number of nitrogens with one attached hydrogen (secondary N) is 1. The van der Waals surface area contributed by atoms with Crippen molar-refractivity contribution in [3.8, 4) is 0 Å². The smallest absolute Gasteiger partial charge is 0.221 e. The van der Waals surface area contributed by atoms with Gasteiger partial charge in [-0.2, -0.15) is 5.10 Å². The highest BCUT2D eigenvalue weighted by Crippen LogP contribution is 2.30. The molecule has 1 aromatic heterocycles. The number of hydrogen-bond donors (Lipinski definition) is 2. The van der Waals surface area contributed by atoms with E-state index in [9.17, 15) is 4.79 Å². The van der Waals surface area contributed by atoms with Gasteiger partial charge in [0.05, 0.1) is 11.7 Å². The molecule has 3 N–H and O–H groups in total. The summed E-state index contributed by atoms with van der Waals surface area (Å²) in [5.41, 5.74) is 10.5. The second-order valence-corrected chi connectivity index (χ2v) is 8.06. The van der Waals surface area contributed by atoms with Crippen molar-refractivity contribution in [3.63, 3.8) is 0 Å². The van der Waals surface area contributed by atoms with Crippen LogP contribution in [0, 0.1) is 12.8 Å². The minimum Gasteiger partial charge on any atom is -0.369 e. The number of rotatable bonds is 8. The van der Waals surface area contributed by atoms with E-state index in [-0.39, 0.29) is 23.8 Å². The summed E-state index contributed by atoms with van der Waals surface area (Å²) >= 11 is 0. The molecule has 0 saturated carbocycles. The summed E-state index contributed by atoms with van der Waals surface area (Å²) in [5, 5.41) is 8.19. The fourth-order valence-corrected chi connectivity index (χ4v) is 3.83. The lowest BCUT2D eigenvalue weighted by atomic mass is 9.81. The highest BCUT2D eigenvalue weighted by atomic mass is 16.1. The maximum Gasteiger partial charge on any atom is 0.221 e. The second-order valence-electron chi connectivity index (χ2n) is 8.06. The largest absolute Gasteiger partial charge is 0.369 e. The Morgan fingerprint density at radius 2 is 1.89 bits per heavy atom. The molecule has 0 saturated heterocycles. The lowest BCUT2D eigenvalue weighted by molar-refractivity contribution is -0.123. The Bertz CT molecular complexity index is 929. The first-order valence-corrected chi connectivity index (χ1v) is 9.79. The van der Waals surface area contributed by atoms with Gasteiger partial charge in [-0.15, -0.1) is 0 Å². The first-order chi connectivity index (χ1) is 13.3. The quantitative estimate of drug-likeness (QED) is 0.628. The number of likely N-dealkylation sites (N-methyl/N-ethyl adjacent to an activating group) is 1. The molecule has 0 radical (unpaired) electrons. The van der Waals surface area contributed by atoms with Gasteiger partial charge in [0.25, 0.3) is 0 Å². The fourth-order valence-electron chi connectivity index (χ4n) is 3.83. The molecule has 0 aliphatic carbocycles. The van der Waals surface area contributed by atoms with Crippen molar-refractivity contribution in [2.45, 2.75) is 38.6 Å². The number of nitrogens with zero attached hydrogens (tertiary/aromatic N) is 2. The van der Waals surface area contributed by atoms with Crippen molar-refractivity contribution in [3.05, 3.63) is 65.4 Å². The second kappa shape index (κ2) is 8.57. The zero-order valence-electron chi connectivity index (χ0n) is 17.1. The Morgan fingerprint density at radius 1 is 1.18 bits per heavy atom. The number of nitrogens with two attached hydrogens (primary N) is 1. The number of carbonyl (C=O) groups is 1. The van der Waals surface area contributed by atoms with E-state index in [0.29, 0.717) is 0 Å². The van der Waals surface area contributed by atoms with Gasteiger partial charge in [0.2, 0.25) is 5.91 Å². The van der Waals surface area contributed by atoms with Crippen molar-refractivity contribution in [2.24, 2.45) is 11.7 Å². The average Bonchev–Trinajstić information content (AvgIpc) is 3.12. The Kier molecular flexibility index (Phi) is 6.15. The van der Waals surface area contributed by atoms with Gasteiger partial charge in [0.1, 0.15) is 0 Å². The molecule has 0 bridgehead atoms. The van der Waals surface area contributed by atoms with Crippen LogP contribution in [0.1, 0.15) is 36.0 Å². The maximum absolute atomic E-state index is 12.3. The van der Waals surface area contributed by atoms with Crippen molar-refractivity contribution < 1.29 is 4.79 Å². The van der Waals surface area contributed by atoms with Gasteiger partial charge in [-0.3, -0.25) is 9.89 Å². The van der Waals surface area contributed by atoms with Crippen molar-refractivity contribution in [1.29, 1.82) is 0 Å². The third kappa shape index (κ3) is 4.60. The Morgan fingerprint density at radius 3 is 2.54 bits per heavy atom. The van der Waals surface area contributed by atoms with Crippen LogP contribution in [-0.4, -0.2) is 41.1 Å². The monoisotopic (exact) mass is 378 g/mol. The summed E-state index contributed by atoms with van der Waals surface area (Å²) < 4.78 is 0. The first kappa shape index (κ1) is 20.1. The summed E-state index contributed by atoms with van der Waals surface area (Å²) in [6, 6.07) is 15.0. The van der Waals surface area contributed by atoms with E-state index in [1.807, 2.05) is 6.20 Å². The number of hydrogen-bond acceptors (Lipinski definition) is 3. The first-order valence-electron chi connectivity index (χ1n) is 9.79. The molecule has 0 aliphatic rings. The van der Waals surface area contributed by atoms with E-state index in [1.54, 1.807) is 0 Å². The molecule has 3 rings (SSSR count). The summed E-state index contributed by atoms with van der Waals surface area (Å²) in [6.45, 7) is 4.17. The molecule has 5 heteroatoms. The lowest BCUT2D eigenvalue weighted by Crippen LogP contribution is -2.38. The molecule has 148 valence electrons. The van der Waals surface area contributed by atoms with Gasteiger partial charge in [-0.05, 0) is 63.0 Å². The number of H-pyrrole nitrogens is 1. The highest BCUT2D eigenvalue weighted by molar-refractivity contribution is 5.79. The van der Waals surface area contributed by atoms with E-state index >= 15 is 0 Å². The normalized spacial score (nSPS) is 14.9. The highest BCUT2D eigenvalue weighted by Gasteiger charge is 2.28. The van der Waals surface area contributed by atoms with Crippen LogP contribution in [0.3, 0.4) is 0 Å². The number of fused-ring (bicyclic) bond motifs is 1. The topological polar surface area (TPSA) is 75.0 Å². The van der Waals surface area contributed by atoms with Crippen LogP contribution in [0.15, 0.2) is 48.7 Å². The summed E-state index contributed by atoms with van der Waals surface area (Å²) in [4.78, 5) is 14.5. The van der Waals surface area contributed by atoms with Crippen molar-refractivity contribution >= 4 is 16.8 Å². The molecule has 5 nitrogen and oxygen atoms in total. The SMILES string of the molecule is Cc1ccc(C(C)C(C[C@@H](Cc2ccc3[nH]ncc3c2)N(C)C)C(N)=O)cc1. The number of aromatic nitrogens is 2. The Balaban J connectivity index is 1.79. The van der Waals surface area contributed by atoms with Crippen LogP contribution in [0.2, 0.25) is 0 Å². The molecule has 3 aromatic rings. The Hall–Kier alpha value is -2.66. The summed E-state index contributed by atoms with van der Waals surface area (Å²) in [7, 11) is 4.13. The minimum absolute atomic E-state index is 0.0805. The van der Waals surface area contributed by atoms with Crippen LogP contribution < -0.4 is 5.73 Å². The minimum atomic E-state index is -0.231. The van der Waals surface area contributed by atoms with E-state index in [0.717, 1.165) is 29.3 Å². The number of primary amides is 1. The summed E-state index contributed by atoms with van der Waals surface area (Å²) in [6.07, 6.45) is 3.43. The molecule has 2 unspecified atom stereocenters. The predicted molar refractivity (Wildman–Crippen MR) is 114 cm³/mol. The van der Waals surface area contributed by atoms with Gasteiger partial charge < -0.3 is 10.6 Å². The van der Waals surface area contributed by atoms with E-state index in [2.05, 4.69) is 85.5 Å². The van der Waals surface area contributed by atoms with Gasteiger partial charge in [0, 0.05) is 17.3 Å². The maximum atomic E-state index is 12.3. The van der Waals surface area contributed by atoms with Crippen LogP contribution in [0.4, 0.5) is 0 Å². The van der Waals surface area contributed by atoms with E-state index in [4.69, 9.17) is 5.73 Å². The fraction of sp³-hybridized carbons (Fsp3) is 0.391. The number of aromatic amines is 1. The third-order valence-corrected chi connectivity index (χ3v) is 5.80. The molecule has 0 spiro atoms. The molecule has 0 fully saturated rings. The van der Waals surface area contributed by atoms with Gasteiger partial charge in [-0.25, -0.2) is 0 Å². The van der Waals surface area contributed by atoms with E-state index in [1.165, 1.54) is 11.1 Å². The third-order valence-electron chi connectivity index (χ3n) is 5.80. The van der Waals surface area contributed by atoms with Gasteiger partial charge >= 0.3 is 0 Å². The van der Waals surface area contributed by atoms with Crippen molar-refractivity contribution in [2.75, 3.05) is 14.1 Å². The van der Waals surface area contributed by atoms with Crippen molar-refractivity contribution in [1.82, 2.24) is 15.1 Å². The molecule has 2 aromatic carbocycles. The standard InChI is InChI=1S/C23H30N4O/c1-15-5-8-18(9-6-15)16(2)21(23(24)28)13-20(27(3)4)12-17-7-10-22-19(11-17)14-25-26-22/h5-11,14,16,20-21H,12-13H2,1-4H3,(H2,24,28)(H,25,26)/t16?,20-,21?/m1/s1. The molecule has 28 heavy (non-hydrogen) atoms. The number of amides is 1. The average molecular weight is 379 g/mol. The van der Waals surface area contributed by atoms with Crippen LogP contribution in [0.25, 0.3) is 10.9 Å². The predicted octanol–water partition coefficient (Wildman–Crippen LogP) is 3.64. The lowest BCUT2D eigenvalue weighted by Gasteiger charge is -2.30. The molecule has 1 amide bonds. The summed E-state index contributed by atoms with van der Waals surface area (Å²) in [5.74, 6) is -0.366. The molecule has 0 aliphatic heterocycles. The van der Waals surface area contributed by atoms with Crippen LogP contribution in [0.5, 0.6) is 0 Å². The molecule has 3 atom stereocenters. The Labute approximate surface area is 166 Å². The zero-order chi connectivity index (χ0) is 20.3. The number of benzene rings is 2. The van der Waals surface area contributed by atoms with Gasteiger partial charge in [-0.1, -0.05) is 42.8 Å². The zero-order valence-corrected chi connectivity index (χ0v) is 17.1. The van der Waals surface area contributed by atoms with Crippen LogP contribution in [-0.2, 0) is 11.2 Å². The van der Waals surface area contributed by atoms with Crippen LogP contribution >= 0.6 is 0 Å². The number of aryl methyl sites for hydroxylation is 1. The van der Waals surface area contributed by atoms with E-state index < -0.39 is 0 Å².